The van der Waals surface area contributed by atoms with Gasteiger partial charge in [-0.15, -0.1) is 6.58 Å². The van der Waals surface area contributed by atoms with E-state index in [1.165, 1.54) is 19.4 Å². The second kappa shape index (κ2) is 5.52. The zero-order valence-electron chi connectivity index (χ0n) is 9.79. The molecule has 0 bridgehead atoms. The molecule has 1 aliphatic heterocycles. The Bertz CT molecular complexity index is 179. The molecule has 14 heavy (non-hydrogen) atoms. The van der Waals surface area contributed by atoms with Crippen molar-refractivity contribution in [2.24, 2.45) is 0 Å². The maximum atomic E-state index is 3.81. The average molecular weight is 196 g/mol. The zero-order chi connectivity index (χ0) is 10.6. The fraction of sp³-hybridized carbons (Fsp3) is 0.833. The van der Waals surface area contributed by atoms with Crippen LogP contribution in [0.25, 0.3) is 0 Å². The van der Waals surface area contributed by atoms with Crippen LogP contribution in [0.2, 0.25) is 0 Å². The van der Waals surface area contributed by atoms with Gasteiger partial charge in [0.05, 0.1) is 0 Å². The van der Waals surface area contributed by atoms with E-state index < -0.39 is 0 Å². The van der Waals surface area contributed by atoms with Crippen molar-refractivity contribution in [2.45, 2.75) is 51.2 Å². The van der Waals surface area contributed by atoms with Crippen LogP contribution in [0.4, 0.5) is 0 Å². The Morgan fingerprint density at radius 2 is 2.36 bits per heavy atom. The number of nitrogens with zero attached hydrogens (tertiary/aromatic N) is 1. The zero-order valence-corrected chi connectivity index (χ0v) is 9.79. The predicted octanol–water partition coefficient (Wildman–Crippen LogP) is 2.02. The van der Waals surface area contributed by atoms with Gasteiger partial charge in [-0.05, 0) is 40.2 Å². The molecule has 1 N–H and O–H groups in total. The standard InChI is InChI=1S/C12H24N2/c1-5-6-10(2)14-8-7-12(13-4)9-11(14)3/h5,10-13H,1,6-9H2,2-4H3. The number of piperidine rings is 1. The van der Waals surface area contributed by atoms with E-state index in [2.05, 4.69) is 37.7 Å². The maximum absolute atomic E-state index is 3.81. The van der Waals surface area contributed by atoms with E-state index in [4.69, 9.17) is 0 Å². The number of rotatable bonds is 4. The van der Waals surface area contributed by atoms with Crippen LogP contribution in [0.1, 0.15) is 33.1 Å². The Morgan fingerprint density at radius 3 is 2.86 bits per heavy atom. The number of likely N-dealkylation sites (tertiary alicyclic amines) is 1. The van der Waals surface area contributed by atoms with Gasteiger partial charge in [-0.2, -0.15) is 0 Å². The summed E-state index contributed by atoms with van der Waals surface area (Å²) in [4.78, 5) is 2.61. The smallest absolute Gasteiger partial charge is 0.0104 e. The average Bonchev–Trinajstić information content (AvgIpc) is 2.17. The van der Waals surface area contributed by atoms with Crippen LogP contribution >= 0.6 is 0 Å². The number of hydrogen-bond acceptors (Lipinski definition) is 2. The molecule has 0 aromatic carbocycles. The summed E-state index contributed by atoms with van der Waals surface area (Å²) in [7, 11) is 2.07. The molecular formula is C12H24N2. The van der Waals surface area contributed by atoms with Gasteiger partial charge >= 0.3 is 0 Å². The van der Waals surface area contributed by atoms with E-state index in [-0.39, 0.29) is 0 Å². The Morgan fingerprint density at radius 1 is 1.64 bits per heavy atom. The fourth-order valence-corrected chi connectivity index (χ4v) is 2.48. The van der Waals surface area contributed by atoms with Gasteiger partial charge in [-0.25, -0.2) is 0 Å². The molecule has 0 saturated carbocycles. The molecule has 0 aromatic heterocycles. The van der Waals surface area contributed by atoms with Crippen LogP contribution in [0.5, 0.6) is 0 Å². The highest BCUT2D eigenvalue weighted by atomic mass is 15.2. The molecule has 0 radical (unpaired) electrons. The highest BCUT2D eigenvalue weighted by Crippen LogP contribution is 2.20. The molecule has 0 aliphatic carbocycles. The summed E-state index contributed by atoms with van der Waals surface area (Å²) < 4.78 is 0. The van der Waals surface area contributed by atoms with E-state index in [0.29, 0.717) is 12.1 Å². The lowest BCUT2D eigenvalue weighted by molar-refractivity contribution is 0.0986. The highest BCUT2D eigenvalue weighted by Gasteiger charge is 2.26. The minimum Gasteiger partial charge on any atom is -0.317 e. The summed E-state index contributed by atoms with van der Waals surface area (Å²) >= 11 is 0. The summed E-state index contributed by atoms with van der Waals surface area (Å²) in [6.07, 6.45) is 5.69. The SMILES string of the molecule is C=CCC(C)N1CCC(NC)CC1C. The van der Waals surface area contributed by atoms with Crippen molar-refractivity contribution in [3.8, 4) is 0 Å². The van der Waals surface area contributed by atoms with Crippen molar-refractivity contribution in [2.75, 3.05) is 13.6 Å². The molecule has 3 atom stereocenters. The lowest BCUT2D eigenvalue weighted by Gasteiger charge is -2.41. The van der Waals surface area contributed by atoms with E-state index in [0.717, 1.165) is 12.5 Å². The summed E-state index contributed by atoms with van der Waals surface area (Å²) in [6, 6.07) is 2.08. The van der Waals surface area contributed by atoms with Crippen molar-refractivity contribution in [1.82, 2.24) is 10.2 Å². The van der Waals surface area contributed by atoms with Gasteiger partial charge in [0.1, 0.15) is 0 Å². The Labute approximate surface area is 88.4 Å². The molecule has 2 nitrogen and oxygen atoms in total. The maximum Gasteiger partial charge on any atom is 0.0104 e. The van der Waals surface area contributed by atoms with E-state index in [1.807, 2.05) is 6.08 Å². The topological polar surface area (TPSA) is 15.3 Å². The van der Waals surface area contributed by atoms with Crippen LogP contribution < -0.4 is 5.32 Å². The normalized spacial score (nSPS) is 31.4. The van der Waals surface area contributed by atoms with Crippen molar-refractivity contribution >= 4 is 0 Å². The van der Waals surface area contributed by atoms with Crippen LogP contribution in [0, 0.1) is 0 Å². The van der Waals surface area contributed by atoms with Gasteiger partial charge in [0.15, 0.2) is 0 Å². The lowest BCUT2D eigenvalue weighted by Crippen LogP contribution is -2.49. The van der Waals surface area contributed by atoms with Crippen molar-refractivity contribution in [3.63, 3.8) is 0 Å². The summed E-state index contributed by atoms with van der Waals surface area (Å²) in [5.74, 6) is 0. The first-order valence-electron chi connectivity index (χ1n) is 5.73. The van der Waals surface area contributed by atoms with Gasteiger partial charge < -0.3 is 5.32 Å². The highest BCUT2D eigenvalue weighted by molar-refractivity contribution is 4.87. The molecule has 2 heteroatoms. The van der Waals surface area contributed by atoms with Crippen LogP contribution in [-0.2, 0) is 0 Å². The Hall–Kier alpha value is -0.340. The van der Waals surface area contributed by atoms with Gasteiger partial charge in [0.2, 0.25) is 0 Å². The molecule has 1 heterocycles. The lowest BCUT2D eigenvalue weighted by atomic mass is 9.96. The first kappa shape index (κ1) is 11.7. The van der Waals surface area contributed by atoms with Crippen molar-refractivity contribution in [1.29, 1.82) is 0 Å². The van der Waals surface area contributed by atoms with Crippen LogP contribution in [0.3, 0.4) is 0 Å². The fourth-order valence-electron chi connectivity index (χ4n) is 2.48. The minimum absolute atomic E-state index is 0.653. The van der Waals surface area contributed by atoms with Crippen LogP contribution in [0.15, 0.2) is 12.7 Å². The van der Waals surface area contributed by atoms with E-state index in [1.54, 1.807) is 0 Å². The number of nitrogens with one attached hydrogen (secondary N) is 1. The van der Waals surface area contributed by atoms with E-state index in [9.17, 15) is 0 Å². The summed E-state index contributed by atoms with van der Waals surface area (Å²) in [6.45, 7) is 9.68. The third kappa shape index (κ3) is 2.82. The van der Waals surface area contributed by atoms with Crippen LogP contribution in [-0.4, -0.2) is 36.6 Å². The molecule has 0 aromatic rings. The Kier molecular flexibility index (Phi) is 4.63. The van der Waals surface area contributed by atoms with Crippen molar-refractivity contribution < 1.29 is 0 Å². The second-order valence-electron chi connectivity index (χ2n) is 4.47. The third-order valence-corrected chi connectivity index (χ3v) is 3.41. The molecule has 1 rings (SSSR count). The quantitative estimate of drug-likeness (QED) is 0.692. The number of hydrogen-bond donors (Lipinski definition) is 1. The minimum atomic E-state index is 0.653. The second-order valence-corrected chi connectivity index (χ2v) is 4.47. The molecule has 0 spiro atoms. The predicted molar refractivity (Wildman–Crippen MR) is 62.5 cm³/mol. The molecule has 3 unspecified atom stereocenters. The molecular weight excluding hydrogens is 172 g/mol. The van der Waals surface area contributed by atoms with Gasteiger partial charge in [0.25, 0.3) is 0 Å². The molecule has 1 fully saturated rings. The summed E-state index contributed by atoms with van der Waals surface area (Å²) in [5, 5.41) is 3.38. The van der Waals surface area contributed by atoms with Gasteiger partial charge in [-0.1, -0.05) is 6.08 Å². The first-order chi connectivity index (χ1) is 6.69. The summed E-state index contributed by atoms with van der Waals surface area (Å²) in [5.41, 5.74) is 0. The van der Waals surface area contributed by atoms with Crippen molar-refractivity contribution in [3.05, 3.63) is 12.7 Å². The Balaban J connectivity index is 2.44. The molecule has 0 amide bonds. The van der Waals surface area contributed by atoms with Gasteiger partial charge in [0, 0.05) is 24.7 Å². The van der Waals surface area contributed by atoms with E-state index >= 15 is 0 Å². The molecule has 1 saturated heterocycles. The third-order valence-electron chi connectivity index (χ3n) is 3.41. The monoisotopic (exact) mass is 196 g/mol. The van der Waals surface area contributed by atoms with Gasteiger partial charge in [-0.3, -0.25) is 4.90 Å². The molecule has 82 valence electrons. The first-order valence-corrected chi connectivity index (χ1v) is 5.73. The molecule has 1 aliphatic rings. The largest absolute Gasteiger partial charge is 0.317 e.